The SMILES string of the molecule is Cc1ccc(C(=O)c2cn(C/C=C/c3ccc(CO[C@@H](C)C(=O)O)cc3)c3ccc(CO)cc23)cc1. The van der Waals surface area contributed by atoms with Gasteiger partial charge >= 0.3 is 5.97 Å². The van der Waals surface area contributed by atoms with Crippen LogP contribution in [0.5, 0.6) is 0 Å². The molecule has 6 nitrogen and oxygen atoms in total. The number of allylic oxidation sites excluding steroid dienone is 1. The molecule has 0 aliphatic heterocycles. The number of hydrogen-bond donors (Lipinski definition) is 2. The third kappa shape index (κ3) is 5.79. The number of aromatic nitrogens is 1. The molecule has 1 heterocycles. The number of carbonyl (C=O) groups excluding carboxylic acids is 1. The van der Waals surface area contributed by atoms with Crippen molar-refractivity contribution in [2.45, 2.75) is 39.7 Å². The lowest BCUT2D eigenvalue weighted by Gasteiger charge is -2.08. The minimum atomic E-state index is -0.983. The van der Waals surface area contributed by atoms with Crippen molar-refractivity contribution in [2.24, 2.45) is 0 Å². The maximum atomic E-state index is 13.3. The first-order valence-electron chi connectivity index (χ1n) is 11.8. The van der Waals surface area contributed by atoms with Crippen LogP contribution >= 0.6 is 0 Å². The van der Waals surface area contributed by atoms with E-state index >= 15 is 0 Å². The van der Waals surface area contributed by atoms with Crippen LogP contribution < -0.4 is 0 Å². The normalized spacial score (nSPS) is 12.3. The second-order valence-electron chi connectivity index (χ2n) is 8.84. The van der Waals surface area contributed by atoms with Crippen LogP contribution in [0.25, 0.3) is 17.0 Å². The molecule has 0 bridgehead atoms. The summed E-state index contributed by atoms with van der Waals surface area (Å²) in [4.78, 5) is 24.2. The van der Waals surface area contributed by atoms with Crippen LogP contribution in [0.15, 0.2) is 79.0 Å². The highest BCUT2D eigenvalue weighted by atomic mass is 16.5. The first-order chi connectivity index (χ1) is 17.4. The summed E-state index contributed by atoms with van der Waals surface area (Å²) < 4.78 is 7.35. The fraction of sp³-hybridized carbons (Fsp3) is 0.200. The van der Waals surface area contributed by atoms with Crippen molar-refractivity contribution < 1.29 is 24.5 Å². The van der Waals surface area contributed by atoms with Crippen LogP contribution in [-0.4, -0.2) is 32.6 Å². The summed E-state index contributed by atoms with van der Waals surface area (Å²) in [5, 5.41) is 19.4. The standard InChI is InChI=1S/C30H29NO5/c1-20-5-12-25(13-6-20)29(33)27-17-31(28-14-11-24(18-32)16-26(27)28)15-3-4-22-7-9-23(10-8-22)19-36-21(2)30(34)35/h3-14,16-17,21,32H,15,18-19H2,1-2H3,(H,34,35)/b4-3+/t21-/m0/s1. The smallest absolute Gasteiger partial charge is 0.332 e. The Balaban J connectivity index is 1.53. The van der Waals surface area contributed by atoms with Crippen molar-refractivity contribution in [2.75, 3.05) is 0 Å². The minimum absolute atomic E-state index is 0.0483. The maximum absolute atomic E-state index is 13.3. The Morgan fingerprint density at radius 1 is 1.00 bits per heavy atom. The first-order valence-corrected chi connectivity index (χ1v) is 11.8. The van der Waals surface area contributed by atoms with Crippen molar-refractivity contribution in [3.8, 4) is 0 Å². The molecule has 0 fully saturated rings. The number of carbonyl (C=O) groups is 2. The molecule has 184 valence electrons. The van der Waals surface area contributed by atoms with E-state index in [1.807, 2.05) is 96.6 Å². The summed E-state index contributed by atoms with van der Waals surface area (Å²) in [6, 6.07) is 21.0. The van der Waals surface area contributed by atoms with Gasteiger partial charge in [0.2, 0.25) is 0 Å². The molecular weight excluding hydrogens is 454 g/mol. The zero-order chi connectivity index (χ0) is 25.7. The third-order valence-electron chi connectivity index (χ3n) is 6.13. The Bertz CT molecular complexity index is 1400. The second kappa shape index (κ2) is 11.2. The molecule has 1 atom stereocenters. The van der Waals surface area contributed by atoms with Gasteiger partial charge in [-0.1, -0.05) is 72.3 Å². The number of benzene rings is 3. The second-order valence-corrected chi connectivity index (χ2v) is 8.84. The lowest BCUT2D eigenvalue weighted by atomic mass is 10.0. The predicted octanol–water partition coefficient (Wildman–Crippen LogP) is 5.38. The number of hydrogen-bond acceptors (Lipinski definition) is 4. The third-order valence-corrected chi connectivity index (χ3v) is 6.13. The molecule has 36 heavy (non-hydrogen) atoms. The quantitative estimate of drug-likeness (QED) is 0.296. The van der Waals surface area contributed by atoms with Crippen LogP contribution in [0.4, 0.5) is 0 Å². The number of rotatable bonds is 10. The Kier molecular flexibility index (Phi) is 7.78. The van der Waals surface area contributed by atoms with E-state index in [1.165, 1.54) is 6.92 Å². The molecule has 6 heteroatoms. The van der Waals surface area contributed by atoms with E-state index in [9.17, 15) is 14.7 Å². The van der Waals surface area contributed by atoms with Gasteiger partial charge < -0.3 is 19.5 Å². The van der Waals surface area contributed by atoms with Crippen LogP contribution in [-0.2, 0) is 29.3 Å². The molecule has 0 spiro atoms. The molecule has 0 amide bonds. The molecular formula is C30H29NO5. The zero-order valence-corrected chi connectivity index (χ0v) is 20.3. The molecule has 0 radical (unpaired) electrons. The number of aryl methyl sites for hydroxylation is 1. The summed E-state index contributed by atoms with van der Waals surface area (Å²) in [6.07, 6.45) is 5.05. The molecule has 1 aromatic heterocycles. The summed E-state index contributed by atoms with van der Waals surface area (Å²) in [7, 11) is 0. The van der Waals surface area contributed by atoms with Gasteiger partial charge in [0.25, 0.3) is 0 Å². The predicted molar refractivity (Wildman–Crippen MR) is 140 cm³/mol. The van der Waals surface area contributed by atoms with E-state index in [1.54, 1.807) is 0 Å². The molecule has 0 saturated heterocycles. The molecule has 0 unspecified atom stereocenters. The number of nitrogens with zero attached hydrogens (tertiary/aromatic N) is 1. The molecule has 2 N–H and O–H groups in total. The van der Waals surface area contributed by atoms with Gasteiger partial charge in [-0.05, 0) is 42.7 Å². The highest BCUT2D eigenvalue weighted by Crippen LogP contribution is 2.26. The number of fused-ring (bicyclic) bond motifs is 1. The average Bonchev–Trinajstić information content (AvgIpc) is 3.25. The summed E-state index contributed by atoms with van der Waals surface area (Å²) in [5.74, 6) is -1.03. The van der Waals surface area contributed by atoms with Gasteiger partial charge in [0.15, 0.2) is 11.9 Å². The van der Waals surface area contributed by atoms with Gasteiger partial charge in [-0.15, -0.1) is 0 Å². The molecule has 0 aliphatic carbocycles. The number of ketones is 1. The van der Waals surface area contributed by atoms with E-state index in [-0.39, 0.29) is 19.0 Å². The molecule has 3 aromatic carbocycles. The minimum Gasteiger partial charge on any atom is -0.479 e. The van der Waals surface area contributed by atoms with E-state index in [2.05, 4.69) is 0 Å². The van der Waals surface area contributed by atoms with Crippen LogP contribution in [0, 0.1) is 6.92 Å². The summed E-state index contributed by atoms with van der Waals surface area (Å²) >= 11 is 0. The summed E-state index contributed by atoms with van der Waals surface area (Å²) in [5.41, 5.74) is 5.92. The molecule has 0 aliphatic rings. The maximum Gasteiger partial charge on any atom is 0.332 e. The van der Waals surface area contributed by atoms with Gasteiger partial charge in [0, 0.05) is 34.8 Å². The molecule has 4 aromatic rings. The van der Waals surface area contributed by atoms with Crippen molar-refractivity contribution in [1.29, 1.82) is 0 Å². The monoisotopic (exact) mass is 483 g/mol. The van der Waals surface area contributed by atoms with Crippen molar-refractivity contribution in [1.82, 2.24) is 4.57 Å². The highest BCUT2D eigenvalue weighted by molar-refractivity contribution is 6.16. The van der Waals surface area contributed by atoms with E-state index < -0.39 is 12.1 Å². The lowest BCUT2D eigenvalue weighted by Crippen LogP contribution is -2.19. The van der Waals surface area contributed by atoms with Crippen LogP contribution in [0.1, 0.15) is 45.1 Å². The van der Waals surface area contributed by atoms with Gasteiger partial charge in [-0.2, -0.15) is 0 Å². The van der Waals surface area contributed by atoms with Crippen molar-refractivity contribution >= 4 is 28.7 Å². The van der Waals surface area contributed by atoms with E-state index in [4.69, 9.17) is 9.84 Å². The Morgan fingerprint density at radius 3 is 2.36 bits per heavy atom. The fourth-order valence-corrected chi connectivity index (χ4v) is 3.95. The molecule has 4 rings (SSSR count). The fourth-order valence-electron chi connectivity index (χ4n) is 3.95. The number of aliphatic carboxylic acids is 1. The number of aliphatic hydroxyl groups excluding tert-OH is 1. The Labute approximate surface area is 210 Å². The number of aliphatic hydroxyl groups is 1. The van der Waals surface area contributed by atoms with E-state index in [0.29, 0.717) is 17.7 Å². The lowest BCUT2D eigenvalue weighted by molar-refractivity contribution is -0.149. The van der Waals surface area contributed by atoms with Gasteiger partial charge in [0.05, 0.1) is 13.2 Å². The number of carboxylic acids is 1. The van der Waals surface area contributed by atoms with Gasteiger partial charge in [-0.25, -0.2) is 4.79 Å². The van der Waals surface area contributed by atoms with Gasteiger partial charge in [0.1, 0.15) is 0 Å². The average molecular weight is 484 g/mol. The largest absolute Gasteiger partial charge is 0.479 e. The van der Waals surface area contributed by atoms with E-state index in [0.717, 1.165) is 33.2 Å². The topological polar surface area (TPSA) is 88.8 Å². The van der Waals surface area contributed by atoms with Crippen molar-refractivity contribution in [3.63, 3.8) is 0 Å². The molecule has 0 saturated carbocycles. The van der Waals surface area contributed by atoms with Crippen molar-refractivity contribution in [3.05, 3.63) is 112 Å². The summed E-state index contributed by atoms with van der Waals surface area (Å²) in [6.45, 7) is 4.21. The number of carboxylic acid groups (broad SMARTS) is 1. The highest BCUT2D eigenvalue weighted by Gasteiger charge is 2.17. The first kappa shape index (κ1) is 25.1. The van der Waals surface area contributed by atoms with Gasteiger partial charge in [-0.3, -0.25) is 4.79 Å². The number of ether oxygens (including phenoxy) is 1. The Hall–Kier alpha value is -4.00. The Morgan fingerprint density at radius 2 is 1.69 bits per heavy atom. The van der Waals surface area contributed by atoms with Crippen LogP contribution in [0.3, 0.4) is 0 Å². The van der Waals surface area contributed by atoms with Crippen LogP contribution in [0.2, 0.25) is 0 Å². The zero-order valence-electron chi connectivity index (χ0n) is 20.3.